The Morgan fingerprint density at radius 3 is 1.65 bits per heavy atom. The molecule has 0 spiro atoms. The summed E-state index contributed by atoms with van der Waals surface area (Å²) in [6.07, 6.45) is 6.93. The summed E-state index contributed by atoms with van der Waals surface area (Å²) in [7, 11) is 0. The van der Waals surface area contributed by atoms with Crippen LogP contribution >= 0.6 is 0 Å². The Labute approximate surface area is 117 Å². The molecule has 4 rings (SSSR count). The lowest BCUT2D eigenvalue weighted by Gasteiger charge is -2.02. The Kier molecular flexibility index (Phi) is 3.65. The Morgan fingerprint density at radius 1 is 0.650 bits per heavy atom. The summed E-state index contributed by atoms with van der Waals surface area (Å²) >= 11 is 0. The van der Waals surface area contributed by atoms with Gasteiger partial charge in [-0.15, -0.1) is 0 Å². The van der Waals surface area contributed by atoms with E-state index in [2.05, 4.69) is 71.0 Å². The average molecular weight is 261 g/mol. The molecule has 1 heterocycles. The highest BCUT2D eigenvalue weighted by Crippen LogP contribution is 2.24. The summed E-state index contributed by atoms with van der Waals surface area (Å²) in [5.74, 6) is 0. The first kappa shape index (κ1) is 12.3. The highest BCUT2D eigenvalue weighted by Gasteiger charge is 1.97. The van der Waals surface area contributed by atoms with Crippen LogP contribution in [0.5, 0.6) is 0 Å². The quantitative estimate of drug-likeness (QED) is 0.600. The molecule has 1 aliphatic rings. The van der Waals surface area contributed by atoms with Crippen molar-refractivity contribution in [2.45, 2.75) is 0 Å². The zero-order chi connectivity index (χ0) is 13.6. The maximum absolute atomic E-state index is 4.55. The van der Waals surface area contributed by atoms with Gasteiger partial charge in [0.25, 0.3) is 0 Å². The molecule has 0 fully saturated rings. The lowest BCUT2D eigenvalue weighted by molar-refractivity contribution is 0.172. The van der Waals surface area contributed by atoms with Gasteiger partial charge >= 0.3 is 0 Å². The van der Waals surface area contributed by atoms with Crippen LogP contribution in [0.2, 0.25) is 0 Å². The average Bonchev–Trinajstić information content (AvgIpc) is 2.57. The lowest BCUT2D eigenvalue weighted by atomic mass is 10.0. The van der Waals surface area contributed by atoms with Gasteiger partial charge in [-0.05, 0) is 33.7 Å². The summed E-state index contributed by atoms with van der Waals surface area (Å²) in [6.45, 7) is 0. The van der Waals surface area contributed by atoms with Crippen molar-refractivity contribution in [1.29, 1.82) is 0 Å². The Bertz CT molecular complexity index is 708. The smallest absolute Gasteiger partial charge is 0.119 e. The normalized spacial score (nSPS) is 12.4. The van der Waals surface area contributed by atoms with Crippen molar-refractivity contribution in [2.24, 2.45) is 0 Å². The number of hydrogen-bond donors (Lipinski definition) is 1. The van der Waals surface area contributed by atoms with Crippen molar-refractivity contribution in [3.63, 3.8) is 0 Å². The summed E-state index contributed by atoms with van der Waals surface area (Å²) in [6, 6.07) is 21.4. The minimum atomic E-state index is 1.31. The molecule has 0 amide bonds. The van der Waals surface area contributed by atoms with Crippen LogP contribution < -0.4 is 5.48 Å². The molecule has 3 aromatic carbocycles. The molecule has 2 heteroatoms. The largest absolute Gasteiger partial charge is 0.391 e. The number of allylic oxidation sites excluding steroid dienone is 2. The van der Waals surface area contributed by atoms with Crippen molar-refractivity contribution in [2.75, 3.05) is 0 Å². The van der Waals surface area contributed by atoms with Crippen LogP contribution in [-0.2, 0) is 4.84 Å². The van der Waals surface area contributed by atoms with E-state index in [-0.39, 0.29) is 0 Å². The van der Waals surface area contributed by atoms with Gasteiger partial charge in [-0.1, -0.05) is 60.7 Å². The Morgan fingerprint density at radius 2 is 1.25 bits per heavy atom. The van der Waals surface area contributed by atoms with E-state index in [1.165, 1.54) is 21.5 Å². The molecular weight excluding hydrogens is 246 g/mol. The lowest BCUT2D eigenvalue weighted by Crippen LogP contribution is -2.01. The van der Waals surface area contributed by atoms with Gasteiger partial charge in [-0.25, -0.2) is 5.48 Å². The SMILES string of the molecule is C1=CNOC=C1.c1ccc2c(c1)ccc1ccccc12. The molecule has 98 valence electrons. The standard InChI is InChI=1S/C14H10.C4H5NO/c1-3-7-13-11(5-1)9-10-12-6-2-4-8-14(12)13;1-2-4-6-5-3-1/h1-10H;1-5H. The van der Waals surface area contributed by atoms with Gasteiger partial charge in [-0.3, -0.25) is 0 Å². The van der Waals surface area contributed by atoms with E-state index in [1.807, 2.05) is 6.08 Å². The first-order valence-electron chi connectivity index (χ1n) is 6.54. The third-order valence-corrected chi connectivity index (χ3v) is 3.14. The van der Waals surface area contributed by atoms with Gasteiger partial charge in [0.1, 0.15) is 6.26 Å². The van der Waals surface area contributed by atoms with Crippen LogP contribution in [-0.4, -0.2) is 0 Å². The molecule has 2 nitrogen and oxygen atoms in total. The van der Waals surface area contributed by atoms with Gasteiger partial charge in [0, 0.05) is 6.20 Å². The van der Waals surface area contributed by atoms with Gasteiger partial charge in [0.15, 0.2) is 0 Å². The number of rotatable bonds is 0. The zero-order valence-corrected chi connectivity index (χ0v) is 11.0. The van der Waals surface area contributed by atoms with Crippen LogP contribution in [0.25, 0.3) is 21.5 Å². The molecule has 0 bridgehead atoms. The van der Waals surface area contributed by atoms with E-state index in [0.29, 0.717) is 0 Å². The summed E-state index contributed by atoms with van der Waals surface area (Å²) in [5.41, 5.74) is 2.52. The zero-order valence-electron chi connectivity index (χ0n) is 11.0. The van der Waals surface area contributed by atoms with Crippen LogP contribution in [0.15, 0.2) is 85.3 Å². The summed E-state index contributed by atoms with van der Waals surface area (Å²) < 4.78 is 0. The second-order valence-electron chi connectivity index (χ2n) is 4.43. The minimum Gasteiger partial charge on any atom is -0.391 e. The molecule has 3 aromatic rings. The highest BCUT2D eigenvalue weighted by atomic mass is 16.6. The van der Waals surface area contributed by atoms with Crippen molar-refractivity contribution in [3.8, 4) is 0 Å². The highest BCUT2D eigenvalue weighted by molar-refractivity contribution is 6.07. The summed E-state index contributed by atoms with van der Waals surface area (Å²) in [5, 5.41) is 5.30. The van der Waals surface area contributed by atoms with E-state index in [1.54, 1.807) is 18.5 Å². The van der Waals surface area contributed by atoms with Gasteiger partial charge < -0.3 is 4.84 Å². The van der Waals surface area contributed by atoms with Crippen LogP contribution in [0.4, 0.5) is 0 Å². The number of hydrogen-bond acceptors (Lipinski definition) is 2. The van der Waals surface area contributed by atoms with Gasteiger partial charge in [-0.2, -0.15) is 0 Å². The molecular formula is C18H15NO. The molecule has 0 saturated heterocycles. The van der Waals surface area contributed by atoms with Crippen LogP contribution in [0, 0.1) is 0 Å². The first-order chi connectivity index (χ1) is 9.95. The molecule has 0 radical (unpaired) electrons. The van der Waals surface area contributed by atoms with E-state index in [4.69, 9.17) is 0 Å². The maximum atomic E-state index is 4.55. The molecule has 0 unspecified atom stereocenters. The van der Waals surface area contributed by atoms with Crippen LogP contribution in [0.3, 0.4) is 0 Å². The third-order valence-electron chi connectivity index (χ3n) is 3.14. The number of fused-ring (bicyclic) bond motifs is 3. The Hall–Kier alpha value is -2.74. The molecule has 20 heavy (non-hydrogen) atoms. The van der Waals surface area contributed by atoms with E-state index >= 15 is 0 Å². The van der Waals surface area contributed by atoms with Crippen molar-refractivity contribution < 1.29 is 4.84 Å². The Balaban J connectivity index is 0.000000170. The van der Waals surface area contributed by atoms with Crippen molar-refractivity contribution in [1.82, 2.24) is 5.48 Å². The number of benzene rings is 3. The number of hydroxylamine groups is 1. The maximum Gasteiger partial charge on any atom is 0.119 e. The minimum absolute atomic E-state index is 1.31. The van der Waals surface area contributed by atoms with E-state index in [9.17, 15) is 0 Å². The van der Waals surface area contributed by atoms with Gasteiger partial charge in [0.05, 0.1) is 0 Å². The second-order valence-corrected chi connectivity index (χ2v) is 4.43. The fourth-order valence-electron chi connectivity index (χ4n) is 2.21. The first-order valence-corrected chi connectivity index (χ1v) is 6.54. The van der Waals surface area contributed by atoms with Crippen LogP contribution in [0.1, 0.15) is 0 Å². The fraction of sp³-hybridized carbons (Fsp3) is 0. The fourth-order valence-corrected chi connectivity index (χ4v) is 2.21. The third kappa shape index (κ3) is 2.64. The molecule has 1 aliphatic heterocycles. The second kappa shape index (κ2) is 5.93. The van der Waals surface area contributed by atoms with Crippen molar-refractivity contribution in [3.05, 3.63) is 85.3 Å². The van der Waals surface area contributed by atoms with E-state index < -0.39 is 0 Å². The monoisotopic (exact) mass is 261 g/mol. The predicted octanol–water partition coefficient (Wildman–Crippen LogP) is 4.54. The molecule has 0 aromatic heterocycles. The van der Waals surface area contributed by atoms with E-state index in [0.717, 1.165) is 0 Å². The molecule has 0 atom stereocenters. The van der Waals surface area contributed by atoms with Gasteiger partial charge in [0.2, 0.25) is 0 Å². The summed E-state index contributed by atoms with van der Waals surface area (Å²) in [4.78, 5) is 4.55. The van der Waals surface area contributed by atoms with Crippen molar-refractivity contribution >= 4 is 21.5 Å². The number of nitrogens with one attached hydrogen (secondary N) is 1. The molecule has 0 saturated carbocycles. The molecule has 1 N–H and O–H groups in total. The predicted molar refractivity (Wildman–Crippen MR) is 84.0 cm³/mol. The molecule has 0 aliphatic carbocycles. The topological polar surface area (TPSA) is 21.3 Å².